The number of aryl methyl sites for hydroxylation is 2. The predicted octanol–water partition coefficient (Wildman–Crippen LogP) is 1.36. The van der Waals surface area contributed by atoms with Crippen molar-refractivity contribution in [2.75, 3.05) is 5.88 Å². The molecule has 1 heterocycles. The average molecular weight is 230 g/mol. The lowest BCUT2D eigenvalue weighted by Crippen LogP contribution is -2.22. The van der Waals surface area contributed by atoms with E-state index in [1.54, 1.807) is 4.68 Å². The Bertz CT molecular complexity index is 335. The molecule has 1 rings (SSSR count). The fraction of sp³-hybridized carbons (Fsp3) is 0.600. The van der Waals surface area contributed by atoms with Crippen LogP contribution in [0.25, 0.3) is 0 Å². The smallest absolute Gasteiger partial charge is 0.220 e. The number of nitrogens with zero attached hydrogens (tertiary/aromatic N) is 2. The van der Waals surface area contributed by atoms with Gasteiger partial charge in [-0.1, -0.05) is 0 Å². The third kappa shape index (κ3) is 3.91. The van der Waals surface area contributed by atoms with Crippen LogP contribution in [-0.4, -0.2) is 21.6 Å². The normalized spacial score (nSPS) is 10.3. The van der Waals surface area contributed by atoms with Crippen molar-refractivity contribution in [3.63, 3.8) is 0 Å². The molecule has 1 aromatic rings. The highest BCUT2D eigenvalue weighted by Crippen LogP contribution is 2.04. The molecular weight excluding hydrogens is 214 g/mol. The van der Waals surface area contributed by atoms with Gasteiger partial charge < -0.3 is 5.32 Å². The number of carbonyl (C=O) groups excluding carboxylic acids is 1. The quantitative estimate of drug-likeness (QED) is 0.776. The van der Waals surface area contributed by atoms with Gasteiger partial charge in [0, 0.05) is 37.7 Å². The van der Waals surface area contributed by atoms with Crippen molar-refractivity contribution < 1.29 is 4.79 Å². The Hall–Kier alpha value is -1.03. The van der Waals surface area contributed by atoms with Crippen LogP contribution in [0.1, 0.15) is 24.1 Å². The minimum absolute atomic E-state index is 0.0407. The number of nitrogens with one attached hydrogen (secondary N) is 1. The monoisotopic (exact) mass is 229 g/mol. The Labute approximate surface area is 94.6 Å². The molecule has 4 nitrogen and oxygen atoms in total. The van der Waals surface area contributed by atoms with E-state index < -0.39 is 0 Å². The van der Waals surface area contributed by atoms with Crippen LogP contribution in [0.4, 0.5) is 0 Å². The molecule has 1 amide bonds. The van der Waals surface area contributed by atoms with Gasteiger partial charge in [-0.2, -0.15) is 5.10 Å². The molecule has 0 atom stereocenters. The topological polar surface area (TPSA) is 46.9 Å². The highest BCUT2D eigenvalue weighted by molar-refractivity contribution is 6.17. The second kappa shape index (κ2) is 5.75. The molecule has 0 aliphatic heterocycles. The van der Waals surface area contributed by atoms with Crippen molar-refractivity contribution in [2.45, 2.75) is 26.3 Å². The van der Waals surface area contributed by atoms with Crippen LogP contribution in [0.15, 0.2) is 6.20 Å². The van der Waals surface area contributed by atoms with E-state index in [0.717, 1.165) is 17.7 Å². The zero-order valence-corrected chi connectivity index (χ0v) is 9.84. The fourth-order valence-corrected chi connectivity index (χ4v) is 1.47. The minimum Gasteiger partial charge on any atom is -0.352 e. The highest BCUT2D eigenvalue weighted by Gasteiger charge is 2.05. The van der Waals surface area contributed by atoms with Crippen LogP contribution in [-0.2, 0) is 18.4 Å². The van der Waals surface area contributed by atoms with Crippen LogP contribution < -0.4 is 5.32 Å². The van der Waals surface area contributed by atoms with Crippen LogP contribution in [0.2, 0.25) is 0 Å². The first-order chi connectivity index (χ1) is 7.13. The number of halogens is 1. The van der Waals surface area contributed by atoms with Crippen molar-refractivity contribution >= 4 is 17.5 Å². The number of aromatic nitrogens is 2. The Morgan fingerprint density at radius 3 is 2.93 bits per heavy atom. The van der Waals surface area contributed by atoms with Gasteiger partial charge in [-0.3, -0.25) is 9.48 Å². The van der Waals surface area contributed by atoms with Gasteiger partial charge in [0.15, 0.2) is 0 Å². The summed E-state index contributed by atoms with van der Waals surface area (Å²) in [7, 11) is 1.87. The number of hydrogen-bond acceptors (Lipinski definition) is 2. The molecule has 0 aliphatic rings. The predicted molar refractivity (Wildman–Crippen MR) is 59.7 cm³/mol. The zero-order chi connectivity index (χ0) is 11.3. The van der Waals surface area contributed by atoms with E-state index in [9.17, 15) is 4.79 Å². The van der Waals surface area contributed by atoms with E-state index in [0.29, 0.717) is 18.8 Å². The molecule has 0 fully saturated rings. The number of carbonyl (C=O) groups is 1. The number of hydrogen-bond donors (Lipinski definition) is 1. The van der Waals surface area contributed by atoms with Crippen LogP contribution in [0, 0.1) is 6.92 Å². The fourth-order valence-electron chi connectivity index (χ4n) is 1.33. The summed E-state index contributed by atoms with van der Waals surface area (Å²) in [6.07, 6.45) is 3.12. The summed E-state index contributed by atoms with van der Waals surface area (Å²) in [5.74, 6) is 0.568. The van der Waals surface area contributed by atoms with E-state index >= 15 is 0 Å². The van der Waals surface area contributed by atoms with Gasteiger partial charge in [0.1, 0.15) is 0 Å². The number of rotatable bonds is 5. The van der Waals surface area contributed by atoms with Crippen LogP contribution in [0.3, 0.4) is 0 Å². The number of alkyl halides is 1. The van der Waals surface area contributed by atoms with Crippen molar-refractivity contribution in [1.29, 1.82) is 0 Å². The summed E-state index contributed by atoms with van der Waals surface area (Å²) < 4.78 is 1.75. The summed E-state index contributed by atoms with van der Waals surface area (Å²) in [6.45, 7) is 2.47. The number of amides is 1. The van der Waals surface area contributed by atoms with Gasteiger partial charge in [-0.15, -0.1) is 11.6 Å². The Morgan fingerprint density at radius 1 is 1.67 bits per heavy atom. The first-order valence-corrected chi connectivity index (χ1v) is 5.48. The molecule has 0 unspecified atom stereocenters. The molecule has 0 bridgehead atoms. The molecule has 5 heteroatoms. The van der Waals surface area contributed by atoms with Crippen LogP contribution in [0.5, 0.6) is 0 Å². The van der Waals surface area contributed by atoms with E-state index in [2.05, 4.69) is 10.4 Å². The summed E-state index contributed by atoms with van der Waals surface area (Å²) in [4.78, 5) is 11.3. The molecule has 15 heavy (non-hydrogen) atoms. The van der Waals surface area contributed by atoms with Gasteiger partial charge in [-0.05, 0) is 13.3 Å². The van der Waals surface area contributed by atoms with Crippen LogP contribution >= 0.6 is 11.6 Å². The third-order valence-corrected chi connectivity index (χ3v) is 2.40. The minimum atomic E-state index is 0.0407. The molecule has 0 saturated heterocycles. The lowest BCUT2D eigenvalue weighted by atomic mass is 10.2. The molecule has 1 aromatic heterocycles. The van der Waals surface area contributed by atoms with Crippen molar-refractivity contribution in [1.82, 2.24) is 15.1 Å². The second-order valence-corrected chi connectivity index (χ2v) is 3.86. The Morgan fingerprint density at radius 2 is 2.40 bits per heavy atom. The molecule has 0 aliphatic carbocycles. The summed E-state index contributed by atoms with van der Waals surface area (Å²) in [6, 6.07) is 0. The molecule has 84 valence electrons. The molecule has 0 spiro atoms. The second-order valence-electron chi connectivity index (χ2n) is 3.48. The van der Waals surface area contributed by atoms with Gasteiger partial charge in [0.25, 0.3) is 0 Å². The summed E-state index contributed by atoms with van der Waals surface area (Å²) >= 11 is 5.50. The maximum atomic E-state index is 11.3. The summed E-state index contributed by atoms with van der Waals surface area (Å²) in [5, 5.41) is 7.03. The molecule has 0 saturated carbocycles. The van der Waals surface area contributed by atoms with E-state index in [-0.39, 0.29) is 5.91 Å². The Kier molecular flexibility index (Phi) is 4.62. The van der Waals surface area contributed by atoms with Crippen molar-refractivity contribution in [3.8, 4) is 0 Å². The average Bonchev–Trinajstić information content (AvgIpc) is 2.51. The largest absolute Gasteiger partial charge is 0.352 e. The van der Waals surface area contributed by atoms with Crippen molar-refractivity contribution in [2.24, 2.45) is 7.05 Å². The molecular formula is C10H16ClN3O. The van der Waals surface area contributed by atoms with Gasteiger partial charge in [0.05, 0.1) is 5.69 Å². The molecule has 0 radical (unpaired) electrons. The van der Waals surface area contributed by atoms with Gasteiger partial charge >= 0.3 is 0 Å². The maximum Gasteiger partial charge on any atom is 0.220 e. The summed E-state index contributed by atoms with van der Waals surface area (Å²) in [5.41, 5.74) is 2.01. The maximum absolute atomic E-state index is 11.3. The zero-order valence-electron chi connectivity index (χ0n) is 9.09. The standard InChI is InChI=1S/C10H16ClN3O/c1-8-9(7-14(2)13-8)6-12-10(15)4-3-5-11/h7H,3-6H2,1-2H3,(H,12,15). The Balaban J connectivity index is 2.36. The third-order valence-electron chi connectivity index (χ3n) is 2.13. The van der Waals surface area contributed by atoms with E-state index in [1.807, 2.05) is 20.2 Å². The lowest BCUT2D eigenvalue weighted by Gasteiger charge is -2.02. The first-order valence-electron chi connectivity index (χ1n) is 4.95. The molecule has 0 aromatic carbocycles. The van der Waals surface area contributed by atoms with E-state index in [1.165, 1.54) is 0 Å². The van der Waals surface area contributed by atoms with Gasteiger partial charge in [0.2, 0.25) is 5.91 Å². The lowest BCUT2D eigenvalue weighted by molar-refractivity contribution is -0.121. The molecule has 1 N–H and O–H groups in total. The highest BCUT2D eigenvalue weighted by atomic mass is 35.5. The van der Waals surface area contributed by atoms with Crippen molar-refractivity contribution in [3.05, 3.63) is 17.5 Å². The first kappa shape index (κ1) is 12.0. The van der Waals surface area contributed by atoms with E-state index in [4.69, 9.17) is 11.6 Å². The van der Waals surface area contributed by atoms with Gasteiger partial charge in [-0.25, -0.2) is 0 Å². The SMILES string of the molecule is Cc1nn(C)cc1CNC(=O)CCCCl.